The Kier molecular flexibility index (Phi) is 11.2. The summed E-state index contributed by atoms with van der Waals surface area (Å²) in [6.07, 6.45) is 7.20. The molecule has 3 aromatic heterocycles. The Bertz CT molecular complexity index is 4940. The molecule has 11 aromatic carbocycles. The fourth-order valence-electron chi connectivity index (χ4n) is 16.8. The Morgan fingerprint density at radius 2 is 0.604 bits per heavy atom. The lowest BCUT2D eigenvalue weighted by Crippen LogP contribution is -2.61. The first kappa shape index (κ1) is 51.1. The van der Waals surface area contributed by atoms with E-state index in [1.54, 1.807) is 0 Å². The van der Waals surface area contributed by atoms with Crippen molar-refractivity contribution in [3.63, 3.8) is 0 Å². The zero-order valence-corrected chi connectivity index (χ0v) is 50.3. The molecule has 0 aliphatic carbocycles. The molecule has 0 unspecified atom stereocenters. The SMILES string of the molecule is c1ccc(N2c3cc4c(cc3B3c5oc6ccccc6c5N(c5ccccc5)c5cc(N6CCCCC6)cc2c53)c2cc3c(cc2n4-c2ccccc2)N(c2ccccc2)c2cc(N4CCCCC4)cc4c2B3c2oc3ccccc3c2N4c2ccccc2)cc1. The van der Waals surface area contributed by atoms with Gasteiger partial charge in [0.25, 0.3) is 13.4 Å². The van der Waals surface area contributed by atoms with Crippen molar-refractivity contribution in [2.75, 3.05) is 55.6 Å². The summed E-state index contributed by atoms with van der Waals surface area (Å²) in [7, 11) is 0. The average Bonchev–Trinajstić information content (AvgIpc) is 1.65. The second kappa shape index (κ2) is 19.9. The predicted octanol–water partition coefficient (Wildman–Crippen LogP) is 16.4. The number of piperidine rings is 2. The maximum atomic E-state index is 7.46. The van der Waals surface area contributed by atoms with Gasteiger partial charge in [-0.25, -0.2) is 0 Å². The quantitative estimate of drug-likeness (QED) is 0.146. The van der Waals surface area contributed by atoms with Gasteiger partial charge in [-0.05, 0) is 182 Å². The highest BCUT2D eigenvalue weighted by atomic mass is 16.3. The Hall–Kier alpha value is -10.8. The number of hydrogen-bond donors (Lipinski definition) is 0. The molecule has 0 saturated carbocycles. The number of furan rings is 2. The van der Waals surface area contributed by atoms with Crippen LogP contribution < -0.4 is 62.6 Å². The number of anilines is 14. The van der Waals surface area contributed by atoms with E-state index in [0.717, 1.165) is 122 Å². The molecule has 0 N–H and O–H groups in total. The molecule has 9 heterocycles. The topological polar surface area (TPSA) is 50.7 Å². The fraction of sp³-hybridized carbons (Fsp3) is 0.125. The van der Waals surface area contributed by atoms with Crippen molar-refractivity contribution in [1.82, 2.24) is 4.57 Å². The lowest BCUT2D eigenvalue weighted by atomic mass is 9.35. The van der Waals surface area contributed by atoms with Gasteiger partial charge in [0.05, 0.1) is 33.7 Å². The van der Waals surface area contributed by atoms with Gasteiger partial charge in [0, 0.05) is 122 Å². The molecule has 20 rings (SSSR count). The molecule has 0 atom stereocenters. The lowest BCUT2D eigenvalue weighted by molar-refractivity contribution is 0.578. The van der Waals surface area contributed by atoms with Crippen LogP contribution in [0.3, 0.4) is 0 Å². The Morgan fingerprint density at radius 1 is 0.275 bits per heavy atom. The van der Waals surface area contributed by atoms with Gasteiger partial charge in [-0.2, -0.15) is 0 Å². The third-order valence-electron chi connectivity index (χ3n) is 20.6. The standard InChI is InChI=1S/C80H61B2N7O2/c1-8-26-52(27-9-1)85-65-50-67-63(81-75-69(86(67)53-28-10-2-11-29-53)44-57(83-40-22-6-23-41-83)46-71(75)88(55-32-14-4-15-33-55)77-59-36-18-20-38-73(59)90-79(77)81)48-61(65)62-49-64-68(51-66(62)85)87(54-30-12-3-13-31-54)70-45-58(84-42-24-7-25-43-84)47-72-76(70)82(64)80-78(60-37-19-21-39-74(60)91-80)89(72)56-34-16-5-17-35-56/h1-5,8-21,26-39,44-51H,6-7,22-25,40-43H2. The van der Waals surface area contributed by atoms with E-state index in [4.69, 9.17) is 8.83 Å². The summed E-state index contributed by atoms with van der Waals surface area (Å²) >= 11 is 0. The van der Waals surface area contributed by atoms with Crippen molar-refractivity contribution in [2.45, 2.75) is 38.5 Å². The highest BCUT2D eigenvalue weighted by Gasteiger charge is 2.50. The van der Waals surface area contributed by atoms with Gasteiger partial charge in [-0.1, -0.05) is 127 Å². The number of rotatable bonds is 7. The summed E-state index contributed by atoms with van der Waals surface area (Å²) in [5.41, 5.74) is 28.0. The van der Waals surface area contributed by atoms with Crippen LogP contribution in [0.25, 0.3) is 49.4 Å². The number of para-hydroxylation sites is 7. The first-order valence-corrected chi connectivity index (χ1v) is 32.7. The number of benzene rings is 11. The molecule has 11 heteroatoms. The molecule has 9 nitrogen and oxygen atoms in total. The lowest BCUT2D eigenvalue weighted by Gasteiger charge is -2.43. The second-order valence-electron chi connectivity index (χ2n) is 25.6. The Balaban J connectivity index is 0.916. The highest BCUT2D eigenvalue weighted by Crippen LogP contribution is 2.53. The van der Waals surface area contributed by atoms with Crippen LogP contribution in [-0.4, -0.2) is 44.2 Å². The van der Waals surface area contributed by atoms with Gasteiger partial charge in [-0.15, -0.1) is 0 Å². The number of nitrogens with zero attached hydrogens (tertiary/aromatic N) is 7. The molecule has 6 aliphatic heterocycles. The van der Waals surface area contributed by atoms with Gasteiger partial charge >= 0.3 is 0 Å². The predicted molar refractivity (Wildman–Crippen MR) is 380 cm³/mol. The van der Waals surface area contributed by atoms with Gasteiger partial charge in [0.2, 0.25) is 0 Å². The average molecular weight is 1170 g/mol. The van der Waals surface area contributed by atoms with E-state index in [2.05, 4.69) is 283 Å². The first-order chi connectivity index (χ1) is 45.2. The summed E-state index contributed by atoms with van der Waals surface area (Å²) in [5.74, 6) is 0. The maximum Gasteiger partial charge on any atom is 0.297 e. The van der Waals surface area contributed by atoms with E-state index in [0.29, 0.717) is 0 Å². The molecule has 91 heavy (non-hydrogen) atoms. The Labute approximate surface area is 528 Å². The van der Waals surface area contributed by atoms with E-state index < -0.39 is 0 Å². The van der Waals surface area contributed by atoms with Crippen molar-refractivity contribution >= 4 is 170 Å². The van der Waals surface area contributed by atoms with Crippen LogP contribution in [0.15, 0.2) is 258 Å². The fourth-order valence-corrected chi connectivity index (χ4v) is 16.8. The van der Waals surface area contributed by atoms with Crippen molar-refractivity contribution < 1.29 is 8.83 Å². The normalized spacial score (nSPS) is 15.5. The molecular formula is C80H61B2N7O2. The van der Waals surface area contributed by atoms with E-state index in [1.807, 2.05) is 0 Å². The van der Waals surface area contributed by atoms with E-state index >= 15 is 0 Å². The summed E-state index contributed by atoms with van der Waals surface area (Å²) in [6.45, 7) is 3.57. The number of hydrogen-bond acceptors (Lipinski definition) is 8. The molecular weight excluding hydrogens is 1110 g/mol. The summed E-state index contributed by atoms with van der Waals surface area (Å²) < 4.78 is 17.5. The molecule has 0 amide bonds. The molecule has 434 valence electrons. The third-order valence-corrected chi connectivity index (χ3v) is 20.6. The zero-order valence-electron chi connectivity index (χ0n) is 50.3. The first-order valence-electron chi connectivity index (χ1n) is 32.7. The summed E-state index contributed by atoms with van der Waals surface area (Å²) in [6, 6.07) is 92.7. The molecule has 14 aromatic rings. The third kappa shape index (κ3) is 7.49. The van der Waals surface area contributed by atoms with Gasteiger partial charge < -0.3 is 42.8 Å². The van der Waals surface area contributed by atoms with Crippen LogP contribution in [0.2, 0.25) is 0 Å². The van der Waals surface area contributed by atoms with Crippen molar-refractivity contribution in [3.8, 4) is 5.69 Å². The van der Waals surface area contributed by atoms with E-state index in [-0.39, 0.29) is 13.4 Å². The van der Waals surface area contributed by atoms with Gasteiger partial charge in [-0.3, -0.25) is 0 Å². The Morgan fingerprint density at radius 3 is 0.989 bits per heavy atom. The second-order valence-corrected chi connectivity index (χ2v) is 25.6. The summed E-state index contributed by atoms with van der Waals surface area (Å²) in [4.78, 5) is 15.4. The van der Waals surface area contributed by atoms with E-state index in [1.165, 1.54) is 105 Å². The van der Waals surface area contributed by atoms with Crippen molar-refractivity contribution in [2.24, 2.45) is 0 Å². The maximum absolute atomic E-state index is 7.46. The van der Waals surface area contributed by atoms with Crippen LogP contribution in [-0.2, 0) is 0 Å². The van der Waals surface area contributed by atoms with Gasteiger partial charge in [0.1, 0.15) is 11.2 Å². The number of fused-ring (bicyclic) bond motifs is 15. The highest BCUT2D eigenvalue weighted by molar-refractivity contribution is 7.01. The van der Waals surface area contributed by atoms with Crippen LogP contribution >= 0.6 is 0 Å². The minimum atomic E-state index is -0.257. The van der Waals surface area contributed by atoms with Crippen LogP contribution in [0.1, 0.15) is 38.5 Å². The minimum absolute atomic E-state index is 0.257. The summed E-state index contributed by atoms with van der Waals surface area (Å²) in [5, 5.41) is 4.56. The zero-order chi connectivity index (χ0) is 59.4. The smallest absolute Gasteiger partial charge is 0.297 e. The molecule has 2 fully saturated rings. The largest absolute Gasteiger partial charge is 0.468 e. The molecule has 6 aliphatic rings. The minimum Gasteiger partial charge on any atom is -0.468 e. The van der Waals surface area contributed by atoms with Crippen molar-refractivity contribution in [1.29, 1.82) is 0 Å². The number of aromatic nitrogens is 1. The molecule has 0 spiro atoms. The van der Waals surface area contributed by atoms with E-state index in [9.17, 15) is 0 Å². The monoisotopic (exact) mass is 1170 g/mol. The molecule has 0 bridgehead atoms. The van der Waals surface area contributed by atoms with Crippen LogP contribution in [0, 0.1) is 0 Å². The van der Waals surface area contributed by atoms with Crippen LogP contribution in [0.4, 0.5) is 79.6 Å². The van der Waals surface area contributed by atoms with Crippen LogP contribution in [0.5, 0.6) is 0 Å². The molecule has 0 radical (unpaired) electrons. The van der Waals surface area contributed by atoms with Crippen molar-refractivity contribution in [3.05, 3.63) is 249 Å². The molecule has 2 saturated heterocycles. The van der Waals surface area contributed by atoms with Gasteiger partial charge in [0.15, 0.2) is 0 Å².